The van der Waals surface area contributed by atoms with Crippen molar-refractivity contribution in [1.82, 2.24) is 9.62 Å². The Balaban J connectivity index is 1.80. The second kappa shape index (κ2) is 8.14. The van der Waals surface area contributed by atoms with E-state index in [9.17, 15) is 13.2 Å². The van der Waals surface area contributed by atoms with Crippen LogP contribution in [-0.2, 0) is 15.4 Å². The molecule has 0 aromatic heterocycles. The van der Waals surface area contributed by atoms with Gasteiger partial charge in [0.1, 0.15) is 4.90 Å². The summed E-state index contributed by atoms with van der Waals surface area (Å²) in [5.74, 6) is -0.312. The lowest BCUT2D eigenvalue weighted by Gasteiger charge is -2.42. The Hall–Kier alpha value is -1.41. The van der Waals surface area contributed by atoms with E-state index in [2.05, 4.69) is 33.4 Å². The average molecular weight is 486 g/mol. The molecule has 0 saturated heterocycles. The van der Waals surface area contributed by atoms with Gasteiger partial charge < -0.3 is 5.32 Å². The molecule has 2 aromatic carbocycles. The molecular weight excluding hydrogens is 464 g/mol. The molecule has 28 heavy (non-hydrogen) atoms. The number of nitrogens with one attached hydrogen (secondary N) is 1. The third-order valence-corrected chi connectivity index (χ3v) is 8.08. The van der Waals surface area contributed by atoms with Gasteiger partial charge in [-0.25, -0.2) is 12.7 Å². The number of hydrogen-bond acceptors (Lipinski definition) is 3. The van der Waals surface area contributed by atoms with E-state index in [-0.39, 0.29) is 26.8 Å². The molecule has 1 saturated carbocycles. The van der Waals surface area contributed by atoms with Gasteiger partial charge in [0.05, 0.1) is 5.02 Å². The van der Waals surface area contributed by atoms with Gasteiger partial charge in [-0.05, 0) is 48.7 Å². The second-order valence-electron chi connectivity index (χ2n) is 7.26. The molecule has 1 aliphatic rings. The van der Waals surface area contributed by atoms with E-state index >= 15 is 0 Å². The molecular formula is C20H22BrClN2O3S. The van der Waals surface area contributed by atoms with E-state index in [1.165, 1.54) is 31.8 Å². The van der Waals surface area contributed by atoms with Crippen LogP contribution in [0.4, 0.5) is 0 Å². The minimum Gasteiger partial charge on any atom is -0.351 e. The minimum atomic E-state index is -3.73. The van der Waals surface area contributed by atoms with Gasteiger partial charge in [0.2, 0.25) is 10.0 Å². The van der Waals surface area contributed by atoms with Crippen LogP contribution in [-0.4, -0.2) is 39.3 Å². The van der Waals surface area contributed by atoms with Crippen LogP contribution in [0.1, 0.15) is 35.2 Å². The molecule has 150 valence electrons. The van der Waals surface area contributed by atoms with E-state index in [1.807, 2.05) is 12.1 Å². The average Bonchev–Trinajstić information content (AvgIpc) is 2.60. The third-order valence-electron chi connectivity index (χ3n) is 5.29. The summed E-state index contributed by atoms with van der Waals surface area (Å²) in [6.45, 7) is 0.501. The zero-order chi connectivity index (χ0) is 20.5. The molecule has 5 nitrogen and oxygen atoms in total. The SMILES string of the molecule is CN(C)S(=O)(=O)c1cc(C(=O)NCC2(c3cccc(Br)c3)CCC2)ccc1Cl. The van der Waals surface area contributed by atoms with Crippen LogP contribution in [0.3, 0.4) is 0 Å². The van der Waals surface area contributed by atoms with Crippen molar-refractivity contribution in [3.05, 3.63) is 63.1 Å². The Labute approximate surface area is 179 Å². The number of carbonyl (C=O) groups excluding carboxylic acids is 1. The monoisotopic (exact) mass is 484 g/mol. The Morgan fingerprint density at radius 2 is 1.93 bits per heavy atom. The largest absolute Gasteiger partial charge is 0.351 e. The van der Waals surface area contributed by atoms with Crippen molar-refractivity contribution in [2.24, 2.45) is 0 Å². The van der Waals surface area contributed by atoms with Crippen LogP contribution >= 0.6 is 27.5 Å². The lowest BCUT2D eigenvalue weighted by molar-refractivity contribution is 0.0927. The molecule has 2 aromatic rings. The molecule has 0 aliphatic heterocycles. The van der Waals surface area contributed by atoms with Crippen molar-refractivity contribution in [3.63, 3.8) is 0 Å². The van der Waals surface area contributed by atoms with Crippen LogP contribution in [0.25, 0.3) is 0 Å². The second-order valence-corrected chi connectivity index (χ2v) is 10.7. The predicted molar refractivity (Wildman–Crippen MR) is 114 cm³/mol. The summed E-state index contributed by atoms with van der Waals surface area (Å²) in [7, 11) is -0.877. The van der Waals surface area contributed by atoms with Gasteiger partial charge in [0.25, 0.3) is 5.91 Å². The highest BCUT2D eigenvalue weighted by atomic mass is 79.9. The number of sulfonamides is 1. The topological polar surface area (TPSA) is 66.5 Å². The maximum atomic E-state index is 12.7. The summed E-state index contributed by atoms with van der Waals surface area (Å²) >= 11 is 9.57. The molecule has 0 spiro atoms. The summed E-state index contributed by atoms with van der Waals surface area (Å²) < 4.78 is 26.9. The Morgan fingerprint density at radius 1 is 1.21 bits per heavy atom. The summed E-state index contributed by atoms with van der Waals surface area (Å²) in [4.78, 5) is 12.6. The van der Waals surface area contributed by atoms with Crippen molar-refractivity contribution in [2.45, 2.75) is 29.6 Å². The first-order valence-electron chi connectivity index (χ1n) is 8.92. The third kappa shape index (κ3) is 4.13. The molecule has 1 N–H and O–H groups in total. The number of nitrogens with zero attached hydrogens (tertiary/aromatic N) is 1. The van der Waals surface area contributed by atoms with Crippen molar-refractivity contribution in [1.29, 1.82) is 0 Å². The summed E-state index contributed by atoms with van der Waals surface area (Å²) in [5.41, 5.74) is 1.39. The first-order valence-corrected chi connectivity index (χ1v) is 11.5. The van der Waals surface area contributed by atoms with E-state index in [0.29, 0.717) is 6.54 Å². The van der Waals surface area contributed by atoms with Crippen LogP contribution in [0.5, 0.6) is 0 Å². The van der Waals surface area contributed by atoms with Gasteiger partial charge in [-0.2, -0.15) is 0 Å². The molecule has 0 unspecified atom stereocenters. The standard InChI is InChI=1S/C20H22BrClN2O3S/c1-24(2)28(26,27)18-11-14(7-8-17(18)22)19(25)23-13-20(9-4-10-20)15-5-3-6-16(21)12-15/h3,5-8,11-12H,4,9-10,13H2,1-2H3,(H,23,25). The maximum absolute atomic E-state index is 12.7. The fraction of sp³-hybridized carbons (Fsp3) is 0.350. The minimum absolute atomic E-state index is 0.0721. The summed E-state index contributed by atoms with van der Waals surface area (Å²) in [5, 5.41) is 3.07. The number of halogens is 2. The number of carbonyl (C=O) groups is 1. The summed E-state index contributed by atoms with van der Waals surface area (Å²) in [6, 6.07) is 12.5. The maximum Gasteiger partial charge on any atom is 0.251 e. The van der Waals surface area contributed by atoms with Gasteiger partial charge in [0, 0.05) is 36.1 Å². The normalized spacial score (nSPS) is 15.9. The van der Waals surface area contributed by atoms with Crippen molar-refractivity contribution >= 4 is 43.5 Å². The van der Waals surface area contributed by atoms with Gasteiger partial charge in [-0.15, -0.1) is 0 Å². The molecule has 3 rings (SSSR count). The van der Waals surface area contributed by atoms with Gasteiger partial charge in [-0.1, -0.05) is 46.1 Å². The first-order chi connectivity index (χ1) is 13.2. The fourth-order valence-corrected chi connectivity index (χ4v) is 5.17. The molecule has 1 amide bonds. The number of hydrogen-bond donors (Lipinski definition) is 1. The molecule has 0 heterocycles. The van der Waals surface area contributed by atoms with E-state index in [4.69, 9.17) is 11.6 Å². The highest BCUT2D eigenvalue weighted by Crippen LogP contribution is 2.43. The lowest BCUT2D eigenvalue weighted by Crippen LogP contribution is -2.45. The van der Waals surface area contributed by atoms with E-state index < -0.39 is 10.0 Å². The molecule has 1 fully saturated rings. The molecule has 8 heteroatoms. The van der Waals surface area contributed by atoms with Crippen molar-refractivity contribution in [2.75, 3.05) is 20.6 Å². The van der Waals surface area contributed by atoms with E-state index in [1.54, 1.807) is 6.07 Å². The fourth-order valence-electron chi connectivity index (χ4n) is 3.38. The number of rotatable bonds is 6. The van der Waals surface area contributed by atoms with Crippen LogP contribution < -0.4 is 5.32 Å². The van der Waals surface area contributed by atoms with Gasteiger partial charge in [0.15, 0.2) is 0 Å². The lowest BCUT2D eigenvalue weighted by atomic mass is 9.64. The van der Waals surface area contributed by atoms with Crippen molar-refractivity contribution in [3.8, 4) is 0 Å². The highest BCUT2D eigenvalue weighted by Gasteiger charge is 2.39. The Morgan fingerprint density at radius 3 is 2.50 bits per heavy atom. The zero-order valence-corrected chi connectivity index (χ0v) is 18.9. The van der Waals surface area contributed by atoms with Gasteiger partial charge >= 0.3 is 0 Å². The number of amides is 1. The first kappa shape index (κ1) is 21.3. The van der Waals surface area contributed by atoms with Crippen LogP contribution in [0, 0.1) is 0 Å². The predicted octanol–water partition coefficient (Wildman–Crippen LogP) is 4.20. The van der Waals surface area contributed by atoms with Crippen molar-refractivity contribution < 1.29 is 13.2 Å². The molecule has 0 atom stereocenters. The summed E-state index contributed by atoms with van der Waals surface area (Å²) in [6.07, 6.45) is 3.13. The smallest absolute Gasteiger partial charge is 0.251 e. The molecule has 1 aliphatic carbocycles. The Kier molecular flexibility index (Phi) is 6.20. The highest BCUT2D eigenvalue weighted by molar-refractivity contribution is 9.10. The molecule has 0 bridgehead atoms. The van der Waals surface area contributed by atoms with Crippen LogP contribution in [0.2, 0.25) is 5.02 Å². The quantitative estimate of drug-likeness (QED) is 0.667. The zero-order valence-electron chi connectivity index (χ0n) is 15.7. The Bertz CT molecular complexity index is 1000. The molecule has 0 radical (unpaired) electrons. The van der Waals surface area contributed by atoms with Gasteiger partial charge in [-0.3, -0.25) is 4.79 Å². The van der Waals surface area contributed by atoms with E-state index in [0.717, 1.165) is 28.0 Å². The van der Waals surface area contributed by atoms with Crippen LogP contribution in [0.15, 0.2) is 51.8 Å². The number of benzene rings is 2.